The largest absolute Gasteiger partial charge is 0.495 e. The molecule has 3 aromatic carbocycles. The van der Waals surface area contributed by atoms with Crippen LogP contribution in [-0.2, 0) is 0 Å². The average molecular weight is 368 g/mol. The molecule has 1 heterocycles. The molecule has 0 unspecified atom stereocenters. The van der Waals surface area contributed by atoms with Gasteiger partial charge >= 0.3 is 0 Å². The molecule has 4 rings (SSSR count). The molecule has 4 nitrogen and oxygen atoms in total. The van der Waals surface area contributed by atoms with E-state index >= 15 is 0 Å². The summed E-state index contributed by atoms with van der Waals surface area (Å²) in [6.45, 7) is 0. The third-order valence-electron chi connectivity index (χ3n) is 4.77. The zero-order chi connectivity index (χ0) is 19.5. The fourth-order valence-corrected chi connectivity index (χ4v) is 3.31. The molecule has 0 saturated carbocycles. The van der Waals surface area contributed by atoms with Gasteiger partial charge < -0.3 is 9.64 Å². The first-order valence-corrected chi connectivity index (χ1v) is 9.05. The summed E-state index contributed by atoms with van der Waals surface area (Å²) < 4.78 is 5.43. The number of carbonyl (C=O) groups is 1. The molecular formula is C24H20N2O2. The smallest absolute Gasteiger partial charge is 0.258 e. The number of rotatable bonds is 4. The zero-order valence-corrected chi connectivity index (χ0v) is 15.8. The summed E-state index contributed by atoms with van der Waals surface area (Å²) in [6.07, 6.45) is 0. The molecule has 0 spiro atoms. The number of hydrogen-bond donors (Lipinski definition) is 0. The summed E-state index contributed by atoms with van der Waals surface area (Å²) in [6, 6.07) is 27.0. The van der Waals surface area contributed by atoms with Gasteiger partial charge in [0.25, 0.3) is 5.91 Å². The van der Waals surface area contributed by atoms with Gasteiger partial charge in [0.15, 0.2) is 0 Å². The molecule has 4 aromatic rings. The van der Waals surface area contributed by atoms with Gasteiger partial charge in [-0.15, -0.1) is 0 Å². The van der Waals surface area contributed by atoms with Crippen LogP contribution in [0.25, 0.3) is 22.2 Å². The Balaban J connectivity index is 1.86. The van der Waals surface area contributed by atoms with Crippen LogP contribution in [0.4, 0.5) is 5.69 Å². The maximum atomic E-state index is 13.5. The van der Waals surface area contributed by atoms with Crippen LogP contribution in [0.2, 0.25) is 0 Å². The Morgan fingerprint density at radius 1 is 0.893 bits per heavy atom. The van der Waals surface area contributed by atoms with Crippen molar-refractivity contribution >= 4 is 22.5 Å². The number of nitrogens with zero attached hydrogens (tertiary/aromatic N) is 2. The predicted molar refractivity (Wildman–Crippen MR) is 113 cm³/mol. The fraction of sp³-hybridized carbons (Fsp3) is 0.0833. The first-order valence-electron chi connectivity index (χ1n) is 9.05. The number of benzene rings is 3. The van der Waals surface area contributed by atoms with Crippen molar-refractivity contribution in [3.05, 3.63) is 90.5 Å². The summed E-state index contributed by atoms with van der Waals surface area (Å²) in [5.41, 5.74) is 3.87. The molecule has 1 amide bonds. The number of hydrogen-bond acceptors (Lipinski definition) is 3. The molecule has 0 aliphatic carbocycles. The number of anilines is 1. The lowest BCUT2D eigenvalue weighted by Gasteiger charge is -2.21. The highest BCUT2D eigenvalue weighted by Crippen LogP contribution is 2.30. The van der Waals surface area contributed by atoms with Gasteiger partial charge in [0.05, 0.1) is 29.6 Å². The van der Waals surface area contributed by atoms with Gasteiger partial charge in [0.2, 0.25) is 0 Å². The minimum Gasteiger partial charge on any atom is -0.495 e. The Morgan fingerprint density at radius 3 is 2.36 bits per heavy atom. The van der Waals surface area contributed by atoms with E-state index in [1.807, 2.05) is 84.9 Å². The number of amides is 1. The number of para-hydroxylation sites is 3. The second kappa shape index (κ2) is 7.53. The van der Waals surface area contributed by atoms with E-state index < -0.39 is 0 Å². The van der Waals surface area contributed by atoms with Gasteiger partial charge in [0.1, 0.15) is 5.75 Å². The Labute approximate surface area is 164 Å². The Bertz CT molecular complexity index is 1140. The normalized spacial score (nSPS) is 10.6. The highest BCUT2D eigenvalue weighted by Gasteiger charge is 2.20. The summed E-state index contributed by atoms with van der Waals surface area (Å²) in [5, 5.41) is 0.828. The predicted octanol–water partition coefficient (Wildman–Crippen LogP) is 5.19. The van der Waals surface area contributed by atoms with Crippen LogP contribution in [0.1, 0.15) is 10.4 Å². The van der Waals surface area contributed by atoms with Crippen LogP contribution in [0, 0.1) is 0 Å². The molecule has 0 bridgehead atoms. The molecule has 0 radical (unpaired) electrons. The van der Waals surface area contributed by atoms with E-state index in [1.54, 1.807) is 19.1 Å². The lowest BCUT2D eigenvalue weighted by Crippen LogP contribution is -2.27. The van der Waals surface area contributed by atoms with E-state index in [1.165, 1.54) is 0 Å². The summed E-state index contributed by atoms with van der Waals surface area (Å²) in [5.74, 6) is 0.542. The van der Waals surface area contributed by atoms with E-state index in [-0.39, 0.29) is 5.91 Å². The number of fused-ring (bicyclic) bond motifs is 1. The first-order chi connectivity index (χ1) is 13.7. The summed E-state index contributed by atoms with van der Waals surface area (Å²) in [4.78, 5) is 19.8. The number of methoxy groups -OCH3 is 1. The highest BCUT2D eigenvalue weighted by molar-refractivity contribution is 6.14. The molecule has 138 valence electrons. The van der Waals surface area contributed by atoms with Gasteiger partial charge in [-0.2, -0.15) is 0 Å². The lowest BCUT2D eigenvalue weighted by atomic mass is 10.0. The topological polar surface area (TPSA) is 42.4 Å². The molecular weight excluding hydrogens is 348 g/mol. The van der Waals surface area contributed by atoms with Crippen molar-refractivity contribution in [2.24, 2.45) is 0 Å². The molecule has 0 N–H and O–H groups in total. The van der Waals surface area contributed by atoms with Crippen LogP contribution in [0.5, 0.6) is 5.75 Å². The number of ether oxygens (including phenoxy) is 1. The van der Waals surface area contributed by atoms with Gasteiger partial charge in [-0.05, 0) is 24.3 Å². The van der Waals surface area contributed by atoms with Gasteiger partial charge in [0, 0.05) is 18.0 Å². The van der Waals surface area contributed by atoms with Crippen LogP contribution < -0.4 is 9.64 Å². The molecule has 0 aliphatic rings. The number of carbonyl (C=O) groups excluding carboxylic acids is 1. The third-order valence-corrected chi connectivity index (χ3v) is 4.77. The molecule has 4 heteroatoms. The number of pyridine rings is 1. The zero-order valence-electron chi connectivity index (χ0n) is 15.8. The van der Waals surface area contributed by atoms with Crippen molar-refractivity contribution in [1.82, 2.24) is 4.98 Å². The lowest BCUT2D eigenvalue weighted by molar-refractivity contribution is 0.0994. The monoisotopic (exact) mass is 368 g/mol. The second-order valence-corrected chi connectivity index (χ2v) is 6.47. The van der Waals surface area contributed by atoms with E-state index in [4.69, 9.17) is 9.72 Å². The van der Waals surface area contributed by atoms with E-state index in [9.17, 15) is 4.79 Å². The van der Waals surface area contributed by atoms with Crippen molar-refractivity contribution in [1.29, 1.82) is 0 Å². The van der Waals surface area contributed by atoms with Crippen molar-refractivity contribution in [3.8, 4) is 17.0 Å². The molecule has 0 atom stereocenters. The van der Waals surface area contributed by atoms with Crippen molar-refractivity contribution in [2.45, 2.75) is 0 Å². The Kier molecular flexibility index (Phi) is 4.77. The first kappa shape index (κ1) is 17.7. The molecule has 0 fully saturated rings. The van der Waals surface area contributed by atoms with E-state index in [0.717, 1.165) is 27.8 Å². The standard InChI is InChI=1S/C24H20N2O2/c1-26(22-14-8-9-15-23(22)28-2)24(27)19-16-21(17-10-4-3-5-11-17)25-20-13-7-6-12-18(19)20/h3-16H,1-2H3. The fourth-order valence-electron chi connectivity index (χ4n) is 3.31. The minimum atomic E-state index is -0.111. The molecule has 1 aromatic heterocycles. The van der Waals surface area contributed by atoms with Crippen LogP contribution in [0.3, 0.4) is 0 Å². The highest BCUT2D eigenvalue weighted by atomic mass is 16.5. The van der Waals surface area contributed by atoms with E-state index in [0.29, 0.717) is 11.3 Å². The molecule has 28 heavy (non-hydrogen) atoms. The quantitative estimate of drug-likeness (QED) is 0.498. The summed E-state index contributed by atoms with van der Waals surface area (Å²) in [7, 11) is 3.37. The van der Waals surface area contributed by atoms with Crippen molar-refractivity contribution in [2.75, 3.05) is 19.1 Å². The maximum absolute atomic E-state index is 13.5. The van der Waals surface area contributed by atoms with Crippen molar-refractivity contribution in [3.63, 3.8) is 0 Å². The Hall–Kier alpha value is -3.66. The maximum Gasteiger partial charge on any atom is 0.258 e. The third kappa shape index (κ3) is 3.21. The van der Waals surface area contributed by atoms with Gasteiger partial charge in [-0.3, -0.25) is 4.79 Å². The summed E-state index contributed by atoms with van der Waals surface area (Å²) >= 11 is 0. The van der Waals surface area contributed by atoms with E-state index in [2.05, 4.69) is 0 Å². The minimum absolute atomic E-state index is 0.111. The molecule has 0 saturated heterocycles. The second-order valence-electron chi connectivity index (χ2n) is 6.47. The Morgan fingerprint density at radius 2 is 1.57 bits per heavy atom. The van der Waals surface area contributed by atoms with Gasteiger partial charge in [-0.25, -0.2) is 4.98 Å². The van der Waals surface area contributed by atoms with Crippen LogP contribution in [0.15, 0.2) is 84.9 Å². The van der Waals surface area contributed by atoms with Crippen LogP contribution in [-0.4, -0.2) is 25.0 Å². The van der Waals surface area contributed by atoms with Gasteiger partial charge in [-0.1, -0.05) is 60.7 Å². The number of aromatic nitrogens is 1. The van der Waals surface area contributed by atoms with Crippen molar-refractivity contribution < 1.29 is 9.53 Å². The molecule has 0 aliphatic heterocycles. The average Bonchev–Trinajstić information content (AvgIpc) is 2.78. The SMILES string of the molecule is COc1ccccc1N(C)C(=O)c1cc(-c2ccccc2)nc2ccccc12. The van der Waals surface area contributed by atoms with Crippen LogP contribution >= 0.6 is 0 Å².